The van der Waals surface area contributed by atoms with Crippen LogP contribution in [0.4, 0.5) is 0 Å². The number of aliphatic hydroxyl groups excluding tert-OH is 1. The van der Waals surface area contributed by atoms with Crippen molar-refractivity contribution in [3.63, 3.8) is 0 Å². The van der Waals surface area contributed by atoms with Crippen LogP contribution in [0.3, 0.4) is 0 Å². The fraction of sp³-hybridized carbons (Fsp3) is 0.568. The third-order valence-electron chi connectivity index (χ3n) is 9.31. The van der Waals surface area contributed by atoms with Crippen molar-refractivity contribution < 1.29 is 33.8 Å². The average molecular weight is 723 g/mol. The number of likely N-dealkylation sites (tertiary alicyclic amines) is 2. The van der Waals surface area contributed by atoms with Gasteiger partial charge in [0.15, 0.2) is 0 Å². The minimum Gasteiger partial charge on any atom is -0.391 e. The molecule has 1 aromatic carbocycles. The van der Waals surface area contributed by atoms with Gasteiger partial charge in [0.05, 0.1) is 35.3 Å². The van der Waals surface area contributed by atoms with Crippen LogP contribution < -0.4 is 16.0 Å². The fourth-order valence-corrected chi connectivity index (χ4v) is 7.16. The number of hydrogen-bond acceptors (Lipinski definition) is 9. The molecule has 3 heterocycles. The Labute approximate surface area is 303 Å². The van der Waals surface area contributed by atoms with Crippen LogP contribution >= 0.6 is 11.3 Å². The van der Waals surface area contributed by atoms with E-state index in [1.54, 1.807) is 12.4 Å². The van der Waals surface area contributed by atoms with Gasteiger partial charge in [-0.25, -0.2) is 4.98 Å². The number of nitrogens with one attached hydrogen (secondary N) is 3. The van der Waals surface area contributed by atoms with Crippen LogP contribution in [0.5, 0.6) is 0 Å². The number of terminal acetylenes is 1. The number of amides is 5. The molecule has 3 atom stereocenters. The maximum atomic E-state index is 13.9. The van der Waals surface area contributed by atoms with E-state index >= 15 is 0 Å². The number of carbonyl (C=O) groups excluding carboxylic acids is 5. The molecular formula is C37H50N6O7S. The Morgan fingerprint density at radius 1 is 1.10 bits per heavy atom. The van der Waals surface area contributed by atoms with Gasteiger partial charge in [-0.3, -0.25) is 24.0 Å². The molecule has 13 nitrogen and oxygen atoms in total. The van der Waals surface area contributed by atoms with Gasteiger partial charge in [0, 0.05) is 45.9 Å². The number of rotatable bonds is 14. The number of nitrogens with zero attached hydrogens (tertiary/aromatic N) is 3. The molecule has 276 valence electrons. The largest absolute Gasteiger partial charge is 0.391 e. The predicted octanol–water partition coefficient (Wildman–Crippen LogP) is 2.22. The van der Waals surface area contributed by atoms with Gasteiger partial charge in [-0.1, -0.05) is 51.0 Å². The summed E-state index contributed by atoms with van der Waals surface area (Å²) in [6.07, 6.45) is 7.02. The zero-order valence-corrected chi connectivity index (χ0v) is 30.7. The first-order valence-electron chi connectivity index (χ1n) is 17.4. The van der Waals surface area contributed by atoms with Gasteiger partial charge >= 0.3 is 0 Å². The number of thiazole rings is 1. The van der Waals surface area contributed by atoms with Crippen LogP contribution in [-0.4, -0.2) is 100 Å². The number of aliphatic hydroxyl groups is 1. The third kappa shape index (κ3) is 11.3. The Morgan fingerprint density at radius 3 is 2.45 bits per heavy atom. The SMILES string of the molecule is C#CCNC(=O)COCc1ncsc1-c1ccc(CNC(=O)[C@@H]2C[C@@H](O)CN2C(=O)[C@@H](NC(=O)CCC2CCN(C(C)=O)CC2)C(C)(C)C)cc1. The normalized spacial score (nSPS) is 18.5. The number of hydrogen-bond donors (Lipinski definition) is 4. The molecule has 0 spiro atoms. The Balaban J connectivity index is 1.30. The lowest BCUT2D eigenvalue weighted by Gasteiger charge is -2.35. The van der Waals surface area contributed by atoms with E-state index in [1.165, 1.54) is 16.2 Å². The van der Waals surface area contributed by atoms with E-state index in [2.05, 4.69) is 26.9 Å². The predicted molar refractivity (Wildman–Crippen MR) is 193 cm³/mol. The Hall–Kier alpha value is -4.32. The summed E-state index contributed by atoms with van der Waals surface area (Å²) in [7, 11) is 0. The molecule has 4 N–H and O–H groups in total. The summed E-state index contributed by atoms with van der Waals surface area (Å²) in [5.74, 6) is 1.42. The van der Waals surface area contributed by atoms with E-state index in [1.807, 2.05) is 49.9 Å². The van der Waals surface area contributed by atoms with Gasteiger partial charge in [-0.15, -0.1) is 17.8 Å². The first kappa shape index (κ1) is 39.5. The highest BCUT2D eigenvalue weighted by atomic mass is 32.1. The molecule has 2 saturated heterocycles. The summed E-state index contributed by atoms with van der Waals surface area (Å²) in [5, 5.41) is 18.9. The van der Waals surface area contributed by atoms with Crippen molar-refractivity contribution in [2.75, 3.05) is 32.8 Å². The third-order valence-corrected chi connectivity index (χ3v) is 10.2. The second-order valence-corrected chi connectivity index (χ2v) is 15.1. The molecule has 2 aliphatic rings. The number of ether oxygens (including phenoxy) is 1. The zero-order valence-electron chi connectivity index (χ0n) is 29.9. The monoisotopic (exact) mass is 722 g/mol. The fourth-order valence-electron chi connectivity index (χ4n) is 6.35. The molecule has 0 saturated carbocycles. The molecule has 0 radical (unpaired) electrons. The van der Waals surface area contributed by atoms with Crippen LogP contribution in [-0.2, 0) is 41.9 Å². The molecule has 4 rings (SSSR count). The maximum Gasteiger partial charge on any atom is 0.246 e. The quantitative estimate of drug-likeness (QED) is 0.215. The molecule has 0 aliphatic carbocycles. The number of β-amino-alcohol motifs (C(OH)–C–C–N with tert-alkyl or cyclic N) is 1. The second-order valence-electron chi connectivity index (χ2n) is 14.3. The zero-order chi connectivity index (χ0) is 37.1. The van der Waals surface area contributed by atoms with Crippen LogP contribution in [0.15, 0.2) is 29.8 Å². The molecule has 51 heavy (non-hydrogen) atoms. The number of aromatic nitrogens is 1. The molecule has 2 aliphatic heterocycles. The second kappa shape index (κ2) is 18.3. The lowest BCUT2D eigenvalue weighted by Crippen LogP contribution is -2.57. The summed E-state index contributed by atoms with van der Waals surface area (Å²) in [5.41, 5.74) is 3.51. The van der Waals surface area contributed by atoms with Crippen molar-refractivity contribution in [1.82, 2.24) is 30.7 Å². The van der Waals surface area contributed by atoms with Crippen molar-refractivity contribution in [1.29, 1.82) is 0 Å². The van der Waals surface area contributed by atoms with E-state index < -0.39 is 29.5 Å². The molecule has 5 amide bonds. The summed E-state index contributed by atoms with van der Waals surface area (Å²) in [6.45, 7) is 8.92. The highest BCUT2D eigenvalue weighted by Crippen LogP contribution is 2.29. The van der Waals surface area contributed by atoms with Crippen LogP contribution in [0, 0.1) is 23.7 Å². The molecule has 2 aromatic rings. The van der Waals surface area contributed by atoms with Gasteiger partial charge in [-0.05, 0) is 41.7 Å². The van der Waals surface area contributed by atoms with Crippen LogP contribution in [0.2, 0.25) is 0 Å². The van der Waals surface area contributed by atoms with Gasteiger partial charge in [0.25, 0.3) is 0 Å². The van der Waals surface area contributed by atoms with Gasteiger partial charge in [0.2, 0.25) is 29.5 Å². The van der Waals surface area contributed by atoms with Crippen LogP contribution in [0.1, 0.15) is 71.1 Å². The highest BCUT2D eigenvalue weighted by molar-refractivity contribution is 7.13. The molecule has 0 bridgehead atoms. The number of carbonyl (C=O) groups is 5. The Morgan fingerprint density at radius 2 is 1.80 bits per heavy atom. The average Bonchev–Trinajstić information content (AvgIpc) is 3.74. The van der Waals surface area contributed by atoms with Crippen molar-refractivity contribution in [3.8, 4) is 22.8 Å². The molecule has 2 fully saturated rings. The van der Waals surface area contributed by atoms with Crippen molar-refractivity contribution >= 4 is 40.9 Å². The topological polar surface area (TPSA) is 170 Å². The van der Waals surface area contributed by atoms with E-state index in [0.717, 1.165) is 28.8 Å². The number of piperidine rings is 1. The molecule has 1 aromatic heterocycles. The molecule has 14 heteroatoms. The standard InChI is InChI=1S/C37H50N6O7S/c1-6-15-38-32(47)22-50-21-29-33(51-23-40-29)27-10-7-26(8-11-27)19-39-35(48)30-18-28(45)20-43(30)36(49)34(37(3,4)5)41-31(46)12-9-25-13-16-42(17-14-25)24(2)44/h1,7-8,10-11,23,25,28,30,34,45H,9,12-22H2,2-5H3,(H,38,47)(H,39,48)(H,41,46)/t28-,30+,34-/m1/s1. The van der Waals surface area contributed by atoms with Crippen molar-refractivity contribution in [2.24, 2.45) is 11.3 Å². The molecule has 0 unspecified atom stereocenters. The van der Waals surface area contributed by atoms with Crippen LogP contribution in [0.25, 0.3) is 10.4 Å². The number of benzene rings is 1. The van der Waals surface area contributed by atoms with Gasteiger partial charge in [0.1, 0.15) is 18.7 Å². The summed E-state index contributed by atoms with van der Waals surface area (Å²) in [6, 6.07) is 5.84. The van der Waals surface area contributed by atoms with Crippen molar-refractivity contribution in [2.45, 2.75) is 91.1 Å². The Kier molecular flexibility index (Phi) is 14.1. The van der Waals surface area contributed by atoms with Gasteiger partial charge < -0.3 is 35.6 Å². The first-order chi connectivity index (χ1) is 24.3. The van der Waals surface area contributed by atoms with E-state index in [4.69, 9.17) is 11.2 Å². The first-order valence-corrected chi connectivity index (χ1v) is 18.3. The van der Waals surface area contributed by atoms with Crippen molar-refractivity contribution in [3.05, 3.63) is 41.0 Å². The lowest BCUT2D eigenvalue weighted by atomic mass is 9.85. The summed E-state index contributed by atoms with van der Waals surface area (Å²) in [4.78, 5) is 72.3. The smallest absolute Gasteiger partial charge is 0.246 e. The Bertz CT molecular complexity index is 1570. The minimum atomic E-state index is -0.884. The summed E-state index contributed by atoms with van der Waals surface area (Å²) >= 11 is 1.45. The minimum absolute atomic E-state index is 0.000727. The highest BCUT2D eigenvalue weighted by Gasteiger charge is 2.44. The van der Waals surface area contributed by atoms with E-state index in [9.17, 15) is 29.1 Å². The maximum absolute atomic E-state index is 13.9. The summed E-state index contributed by atoms with van der Waals surface area (Å²) < 4.78 is 5.50. The van der Waals surface area contributed by atoms with Gasteiger partial charge in [-0.2, -0.15) is 0 Å². The molecular weight excluding hydrogens is 673 g/mol. The van der Waals surface area contributed by atoms with E-state index in [-0.39, 0.29) is 69.3 Å². The lowest BCUT2D eigenvalue weighted by molar-refractivity contribution is -0.144. The van der Waals surface area contributed by atoms with E-state index in [0.29, 0.717) is 31.1 Å².